The first-order chi connectivity index (χ1) is 11.1. The Balaban J connectivity index is 1.63. The predicted octanol–water partition coefficient (Wildman–Crippen LogP) is 1.64. The van der Waals surface area contributed by atoms with Crippen molar-refractivity contribution in [2.45, 2.75) is 64.0 Å². The molecule has 1 heterocycles. The number of hydrogen-bond donors (Lipinski definition) is 2. The summed E-state index contributed by atoms with van der Waals surface area (Å²) in [6.45, 7) is 4.10. The molecule has 23 heavy (non-hydrogen) atoms. The number of nitrogens with one attached hydrogen (secondary N) is 1. The van der Waals surface area contributed by atoms with E-state index in [1.807, 2.05) is 0 Å². The lowest BCUT2D eigenvalue weighted by atomic mass is 9.88. The van der Waals surface area contributed by atoms with Crippen molar-refractivity contribution in [3.8, 4) is 0 Å². The predicted molar refractivity (Wildman–Crippen MR) is 87.2 cm³/mol. The van der Waals surface area contributed by atoms with E-state index in [9.17, 15) is 14.7 Å². The van der Waals surface area contributed by atoms with Gasteiger partial charge in [0.25, 0.3) is 0 Å². The lowest BCUT2D eigenvalue weighted by Crippen LogP contribution is -2.49. The average Bonchev–Trinajstić information content (AvgIpc) is 2.53. The van der Waals surface area contributed by atoms with Gasteiger partial charge in [0.15, 0.2) is 0 Å². The van der Waals surface area contributed by atoms with Crippen molar-refractivity contribution in [2.24, 2.45) is 5.92 Å². The number of rotatable bonds is 7. The Hall–Kier alpha value is -1.14. The van der Waals surface area contributed by atoms with Crippen molar-refractivity contribution in [1.82, 2.24) is 10.2 Å². The average molecular weight is 326 g/mol. The second-order valence-corrected chi connectivity index (χ2v) is 6.84. The third-order valence-electron chi connectivity index (χ3n) is 5.03. The fraction of sp³-hybridized carbons (Fsp3) is 0.882. The third kappa shape index (κ3) is 5.77. The summed E-state index contributed by atoms with van der Waals surface area (Å²) < 4.78 is 5.87. The molecule has 6 nitrogen and oxygen atoms in total. The van der Waals surface area contributed by atoms with Gasteiger partial charge in [0.2, 0.25) is 5.91 Å². The normalized spacial score (nSPS) is 29.2. The highest BCUT2D eigenvalue weighted by molar-refractivity contribution is 5.80. The zero-order chi connectivity index (χ0) is 16.7. The second-order valence-electron chi connectivity index (χ2n) is 6.84. The molecule has 132 valence electrons. The molecule has 1 aliphatic heterocycles. The SMILES string of the molecule is CC1CCCCC1OCCNC(=O)CN1CCCCC1C(=O)O. The summed E-state index contributed by atoms with van der Waals surface area (Å²) in [5.41, 5.74) is 0. The van der Waals surface area contributed by atoms with Crippen LogP contribution in [0.25, 0.3) is 0 Å². The van der Waals surface area contributed by atoms with Gasteiger partial charge in [-0.05, 0) is 38.1 Å². The Morgan fingerprint density at radius 3 is 2.65 bits per heavy atom. The van der Waals surface area contributed by atoms with Gasteiger partial charge < -0.3 is 15.2 Å². The van der Waals surface area contributed by atoms with Gasteiger partial charge in [-0.3, -0.25) is 14.5 Å². The van der Waals surface area contributed by atoms with E-state index in [1.54, 1.807) is 4.90 Å². The van der Waals surface area contributed by atoms with Gasteiger partial charge in [-0.1, -0.05) is 26.2 Å². The topological polar surface area (TPSA) is 78.9 Å². The van der Waals surface area contributed by atoms with Crippen LogP contribution in [0, 0.1) is 5.92 Å². The molecule has 2 aliphatic rings. The van der Waals surface area contributed by atoms with E-state index in [1.165, 1.54) is 19.3 Å². The van der Waals surface area contributed by atoms with Crippen LogP contribution < -0.4 is 5.32 Å². The standard InChI is InChI=1S/C17H30N2O4/c1-13-6-2-3-8-15(13)23-11-9-18-16(20)12-19-10-5-4-7-14(19)17(21)22/h13-15H,2-12H2,1H3,(H,18,20)(H,21,22). The van der Waals surface area contributed by atoms with E-state index in [-0.39, 0.29) is 12.5 Å². The van der Waals surface area contributed by atoms with Crippen LogP contribution in [0.5, 0.6) is 0 Å². The fourth-order valence-corrected chi connectivity index (χ4v) is 3.63. The van der Waals surface area contributed by atoms with Crippen molar-refractivity contribution in [3.05, 3.63) is 0 Å². The van der Waals surface area contributed by atoms with E-state index in [2.05, 4.69) is 12.2 Å². The van der Waals surface area contributed by atoms with Crippen LogP contribution in [-0.4, -0.2) is 60.3 Å². The number of carboxylic acids is 1. The van der Waals surface area contributed by atoms with Crippen molar-refractivity contribution in [2.75, 3.05) is 26.2 Å². The molecule has 0 aromatic rings. The van der Waals surface area contributed by atoms with E-state index in [4.69, 9.17) is 4.74 Å². The monoisotopic (exact) mass is 326 g/mol. The lowest BCUT2D eigenvalue weighted by molar-refractivity contribution is -0.145. The van der Waals surface area contributed by atoms with Crippen LogP contribution in [0.2, 0.25) is 0 Å². The Bertz CT molecular complexity index is 402. The Morgan fingerprint density at radius 1 is 1.17 bits per heavy atom. The number of carboxylic acid groups (broad SMARTS) is 1. The van der Waals surface area contributed by atoms with E-state index >= 15 is 0 Å². The van der Waals surface area contributed by atoms with Crippen molar-refractivity contribution in [3.63, 3.8) is 0 Å². The van der Waals surface area contributed by atoms with Crippen LogP contribution in [0.15, 0.2) is 0 Å². The smallest absolute Gasteiger partial charge is 0.320 e. The van der Waals surface area contributed by atoms with Crippen molar-refractivity contribution >= 4 is 11.9 Å². The van der Waals surface area contributed by atoms with Gasteiger partial charge >= 0.3 is 5.97 Å². The quantitative estimate of drug-likeness (QED) is 0.695. The van der Waals surface area contributed by atoms with Gasteiger partial charge in [0.05, 0.1) is 19.3 Å². The number of hydrogen-bond acceptors (Lipinski definition) is 4. The largest absolute Gasteiger partial charge is 0.480 e. The minimum atomic E-state index is -0.827. The minimum absolute atomic E-state index is 0.113. The molecule has 3 atom stereocenters. The van der Waals surface area contributed by atoms with Crippen molar-refractivity contribution < 1.29 is 19.4 Å². The molecule has 3 unspecified atom stereocenters. The van der Waals surface area contributed by atoms with Crippen molar-refractivity contribution in [1.29, 1.82) is 0 Å². The first-order valence-corrected chi connectivity index (χ1v) is 8.93. The molecule has 1 amide bonds. The van der Waals surface area contributed by atoms with Gasteiger partial charge in [-0.25, -0.2) is 0 Å². The number of nitrogens with zero attached hydrogens (tertiary/aromatic N) is 1. The Kier molecular flexibility index (Phi) is 7.30. The van der Waals surface area contributed by atoms with E-state index in [0.717, 1.165) is 19.3 Å². The third-order valence-corrected chi connectivity index (χ3v) is 5.03. The molecule has 0 radical (unpaired) electrons. The number of carbonyl (C=O) groups excluding carboxylic acids is 1. The van der Waals surface area contributed by atoms with Crippen LogP contribution in [0.3, 0.4) is 0 Å². The van der Waals surface area contributed by atoms with E-state index < -0.39 is 12.0 Å². The molecule has 0 bridgehead atoms. The highest BCUT2D eigenvalue weighted by Gasteiger charge is 2.29. The number of carbonyl (C=O) groups is 2. The first kappa shape index (κ1) is 18.2. The molecule has 6 heteroatoms. The van der Waals surface area contributed by atoms with E-state index in [0.29, 0.717) is 38.1 Å². The summed E-state index contributed by atoms with van der Waals surface area (Å²) in [5, 5.41) is 12.1. The molecule has 0 aromatic carbocycles. The maximum absolute atomic E-state index is 12.0. The number of amides is 1. The molecular formula is C17H30N2O4. The fourth-order valence-electron chi connectivity index (χ4n) is 3.63. The summed E-state index contributed by atoms with van der Waals surface area (Å²) in [5.74, 6) is -0.338. The lowest BCUT2D eigenvalue weighted by Gasteiger charge is -2.32. The minimum Gasteiger partial charge on any atom is -0.480 e. The number of aliphatic carboxylic acids is 1. The van der Waals surface area contributed by atoms with Crippen LogP contribution in [0.1, 0.15) is 51.9 Å². The second kappa shape index (κ2) is 9.23. The first-order valence-electron chi connectivity index (χ1n) is 8.93. The molecule has 1 saturated carbocycles. The Morgan fingerprint density at radius 2 is 1.91 bits per heavy atom. The number of ether oxygens (including phenoxy) is 1. The molecule has 2 rings (SSSR count). The zero-order valence-corrected chi connectivity index (χ0v) is 14.1. The molecule has 0 aromatic heterocycles. The molecular weight excluding hydrogens is 296 g/mol. The summed E-state index contributed by atoms with van der Waals surface area (Å²) >= 11 is 0. The maximum atomic E-state index is 12.0. The summed E-state index contributed by atoms with van der Waals surface area (Å²) in [6.07, 6.45) is 7.68. The summed E-state index contributed by atoms with van der Waals surface area (Å²) in [6, 6.07) is -0.520. The van der Waals surface area contributed by atoms with Gasteiger partial charge in [-0.2, -0.15) is 0 Å². The van der Waals surface area contributed by atoms with Gasteiger partial charge in [-0.15, -0.1) is 0 Å². The summed E-state index contributed by atoms with van der Waals surface area (Å²) in [7, 11) is 0. The number of piperidine rings is 1. The van der Waals surface area contributed by atoms with Crippen LogP contribution >= 0.6 is 0 Å². The van der Waals surface area contributed by atoms with Gasteiger partial charge in [0.1, 0.15) is 6.04 Å². The molecule has 0 spiro atoms. The maximum Gasteiger partial charge on any atom is 0.320 e. The summed E-state index contributed by atoms with van der Waals surface area (Å²) in [4.78, 5) is 25.0. The van der Waals surface area contributed by atoms with Gasteiger partial charge in [0, 0.05) is 6.54 Å². The number of likely N-dealkylation sites (tertiary alicyclic amines) is 1. The highest BCUT2D eigenvalue weighted by Crippen LogP contribution is 2.26. The highest BCUT2D eigenvalue weighted by atomic mass is 16.5. The van der Waals surface area contributed by atoms with Crippen LogP contribution in [0.4, 0.5) is 0 Å². The Labute approximate surface area is 138 Å². The molecule has 1 aliphatic carbocycles. The molecule has 1 saturated heterocycles. The molecule has 2 fully saturated rings. The molecule has 2 N–H and O–H groups in total. The zero-order valence-electron chi connectivity index (χ0n) is 14.1. The van der Waals surface area contributed by atoms with Crippen LogP contribution in [-0.2, 0) is 14.3 Å².